The molecule has 3 rings (SSSR count). The SMILES string of the molecule is Cc1nc2c(C3CCC3)cc(C(=O)O)cc2s1. The molecular weight excluding hydrogens is 234 g/mol. The first-order chi connectivity index (χ1) is 8.15. The Balaban J connectivity index is 2.24. The molecule has 2 aromatic rings. The van der Waals surface area contributed by atoms with Crippen LogP contribution in [0, 0.1) is 6.92 Å². The molecule has 1 aliphatic carbocycles. The number of benzene rings is 1. The molecule has 0 atom stereocenters. The molecule has 1 aliphatic rings. The highest BCUT2D eigenvalue weighted by Gasteiger charge is 2.24. The second kappa shape index (κ2) is 3.81. The molecule has 1 saturated carbocycles. The van der Waals surface area contributed by atoms with Crippen molar-refractivity contribution in [3.05, 3.63) is 28.3 Å². The molecule has 0 saturated heterocycles. The van der Waals surface area contributed by atoms with Gasteiger partial charge < -0.3 is 5.11 Å². The fourth-order valence-electron chi connectivity index (χ4n) is 2.32. The van der Waals surface area contributed by atoms with Crippen molar-refractivity contribution in [2.24, 2.45) is 0 Å². The van der Waals surface area contributed by atoms with Gasteiger partial charge in [-0.15, -0.1) is 11.3 Å². The summed E-state index contributed by atoms with van der Waals surface area (Å²) in [4.78, 5) is 15.7. The Morgan fingerprint density at radius 3 is 2.82 bits per heavy atom. The number of nitrogens with zero attached hydrogens (tertiary/aromatic N) is 1. The van der Waals surface area contributed by atoms with E-state index in [1.165, 1.54) is 6.42 Å². The van der Waals surface area contributed by atoms with Crippen LogP contribution in [0.2, 0.25) is 0 Å². The third-order valence-corrected chi connectivity index (χ3v) is 4.34. The molecule has 0 unspecified atom stereocenters. The highest BCUT2D eigenvalue weighted by molar-refractivity contribution is 7.18. The highest BCUT2D eigenvalue weighted by atomic mass is 32.1. The highest BCUT2D eigenvalue weighted by Crippen LogP contribution is 2.41. The number of aromatic carboxylic acids is 1. The normalized spacial score (nSPS) is 16.1. The lowest BCUT2D eigenvalue weighted by molar-refractivity contribution is 0.0697. The summed E-state index contributed by atoms with van der Waals surface area (Å²) in [5, 5.41) is 10.1. The number of hydrogen-bond donors (Lipinski definition) is 1. The summed E-state index contributed by atoms with van der Waals surface area (Å²) < 4.78 is 1.00. The van der Waals surface area contributed by atoms with Crippen molar-refractivity contribution in [2.45, 2.75) is 32.1 Å². The van der Waals surface area contributed by atoms with Crippen molar-refractivity contribution in [1.82, 2.24) is 4.98 Å². The van der Waals surface area contributed by atoms with Gasteiger partial charge in [-0.2, -0.15) is 0 Å². The summed E-state index contributed by atoms with van der Waals surface area (Å²) in [6.45, 7) is 1.97. The van der Waals surface area contributed by atoms with Crippen molar-refractivity contribution >= 4 is 27.5 Å². The predicted molar refractivity (Wildman–Crippen MR) is 67.9 cm³/mol. The van der Waals surface area contributed by atoms with Gasteiger partial charge in [0.1, 0.15) is 0 Å². The molecule has 0 aliphatic heterocycles. The van der Waals surface area contributed by atoms with Gasteiger partial charge in [0.2, 0.25) is 0 Å². The van der Waals surface area contributed by atoms with E-state index in [0.29, 0.717) is 11.5 Å². The van der Waals surface area contributed by atoms with Gasteiger partial charge in [-0.3, -0.25) is 0 Å². The van der Waals surface area contributed by atoms with Crippen LogP contribution in [0.4, 0.5) is 0 Å². The van der Waals surface area contributed by atoms with E-state index in [9.17, 15) is 4.79 Å². The lowest BCUT2D eigenvalue weighted by Crippen LogP contribution is -2.10. The second-order valence-corrected chi connectivity index (χ2v) is 5.81. The fraction of sp³-hybridized carbons (Fsp3) is 0.385. The maximum Gasteiger partial charge on any atom is 0.335 e. The smallest absolute Gasteiger partial charge is 0.335 e. The van der Waals surface area contributed by atoms with Gasteiger partial charge in [-0.25, -0.2) is 9.78 Å². The molecule has 0 spiro atoms. The zero-order valence-electron chi connectivity index (χ0n) is 9.56. The Hall–Kier alpha value is -1.42. The number of rotatable bonds is 2. The molecular formula is C13H13NO2S. The molecule has 0 bridgehead atoms. The first kappa shape index (κ1) is 10.7. The predicted octanol–water partition coefficient (Wildman–Crippen LogP) is 3.57. The van der Waals surface area contributed by atoms with Crippen LogP contribution in [0.25, 0.3) is 10.2 Å². The van der Waals surface area contributed by atoms with Crippen LogP contribution in [0.1, 0.15) is 46.1 Å². The molecule has 3 nitrogen and oxygen atoms in total. The van der Waals surface area contributed by atoms with Crippen molar-refractivity contribution in [2.75, 3.05) is 0 Å². The Bertz CT molecular complexity index is 599. The number of carboxylic acid groups (broad SMARTS) is 1. The molecule has 1 aromatic carbocycles. The van der Waals surface area contributed by atoms with Crippen LogP contribution >= 0.6 is 11.3 Å². The Morgan fingerprint density at radius 1 is 1.47 bits per heavy atom. The molecule has 4 heteroatoms. The van der Waals surface area contributed by atoms with Gasteiger partial charge in [0.25, 0.3) is 0 Å². The minimum Gasteiger partial charge on any atom is -0.478 e. The summed E-state index contributed by atoms with van der Waals surface area (Å²) in [5.74, 6) is -0.336. The quantitative estimate of drug-likeness (QED) is 0.882. The largest absolute Gasteiger partial charge is 0.478 e. The Morgan fingerprint density at radius 2 is 2.24 bits per heavy atom. The van der Waals surface area contributed by atoms with Gasteiger partial charge in [-0.1, -0.05) is 6.42 Å². The van der Waals surface area contributed by atoms with Gasteiger partial charge in [0, 0.05) is 0 Å². The molecule has 1 heterocycles. The van der Waals surface area contributed by atoms with E-state index in [2.05, 4.69) is 4.98 Å². The fourth-order valence-corrected chi connectivity index (χ4v) is 3.22. The molecule has 1 aromatic heterocycles. The molecule has 17 heavy (non-hydrogen) atoms. The van der Waals surface area contributed by atoms with E-state index in [0.717, 1.165) is 33.6 Å². The number of thiazole rings is 1. The van der Waals surface area contributed by atoms with Crippen molar-refractivity contribution in [3.63, 3.8) is 0 Å². The van der Waals surface area contributed by atoms with Crippen molar-refractivity contribution < 1.29 is 9.90 Å². The Kier molecular flexibility index (Phi) is 2.40. The van der Waals surface area contributed by atoms with Gasteiger partial charge in [0.05, 0.1) is 20.8 Å². The van der Waals surface area contributed by atoms with Crippen LogP contribution < -0.4 is 0 Å². The first-order valence-electron chi connectivity index (χ1n) is 5.79. The van der Waals surface area contributed by atoms with Crippen LogP contribution in [0.3, 0.4) is 0 Å². The molecule has 88 valence electrons. The maximum absolute atomic E-state index is 11.1. The van der Waals surface area contributed by atoms with E-state index in [1.807, 2.05) is 13.0 Å². The minimum absolute atomic E-state index is 0.392. The van der Waals surface area contributed by atoms with Crippen LogP contribution in [0.5, 0.6) is 0 Å². The monoisotopic (exact) mass is 247 g/mol. The summed E-state index contributed by atoms with van der Waals surface area (Å²) in [5.41, 5.74) is 2.54. The van der Waals surface area contributed by atoms with E-state index in [1.54, 1.807) is 17.4 Å². The standard InChI is InChI=1S/C13H13NO2S/c1-7-14-12-10(8-3-2-4-8)5-9(13(15)16)6-11(12)17-7/h5-6,8H,2-4H2,1H3,(H,15,16). The number of hydrogen-bond acceptors (Lipinski definition) is 3. The van der Waals surface area contributed by atoms with Crippen LogP contribution in [-0.2, 0) is 0 Å². The van der Waals surface area contributed by atoms with E-state index < -0.39 is 5.97 Å². The zero-order valence-corrected chi connectivity index (χ0v) is 10.4. The van der Waals surface area contributed by atoms with Crippen LogP contribution in [0.15, 0.2) is 12.1 Å². The summed E-state index contributed by atoms with van der Waals surface area (Å²) in [6, 6.07) is 3.55. The maximum atomic E-state index is 11.1. The van der Waals surface area contributed by atoms with Crippen molar-refractivity contribution in [3.8, 4) is 0 Å². The average Bonchev–Trinajstić information content (AvgIpc) is 2.55. The van der Waals surface area contributed by atoms with E-state index in [-0.39, 0.29) is 0 Å². The Labute approximate surface area is 103 Å². The lowest BCUT2D eigenvalue weighted by Gasteiger charge is -2.26. The van der Waals surface area contributed by atoms with Crippen LogP contribution in [-0.4, -0.2) is 16.1 Å². The molecule has 0 amide bonds. The number of aromatic nitrogens is 1. The number of carbonyl (C=O) groups is 1. The molecule has 1 N–H and O–H groups in total. The third-order valence-electron chi connectivity index (χ3n) is 3.42. The van der Waals surface area contributed by atoms with Gasteiger partial charge in [-0.05, 0) is 43.4 Å². The number of aryl methyl sites for hydroxylation is 1. The first-order valence-corrected chi connectivity index (χ1v) is 6.61. The molecule has 0 radical (unpaired) electrons. The van der Waals surface area contributed by atoms with Gasteiger partial charge in [0.15, 0.2) is 0 Å². The summed E-state index contributed by atoms with van der Waals surface area (Å²) in [7, 11) is 0. The summed E-state index contributed by atoms with van der Waals surface area (Å²) in [6.07, 6.45) is 3.57. The second-order valence-electron chi connectivity index (χ2n) is 4.58. The minimum atomic E-state index is -0.849. The zero-order chi connectivity index (χ0) is 12.0. The average molecular weight is 247 g/mol. The third kappa shape index (κ3) is 1.72. The van der Waals surface area contributed by atoms with E-state index in [4.69, 9.17) is 5.11 Å². The van der Waals surface area contributed by atoms with E-state index >= 15 is 0 Å². The topological polar surface area (TPSA) is 50.2 Å². The van der Waals surface area contributed by atoms with Gasteiger partial charge >= 0.3 is 5.97 Å². The van der Waals surface area contributed by atoms with Crippen molar-refractivity contribution in [1.29, 1.82) is 0 Å². The lowest BCUT2D eigenvalue weighted by atomic mass is 9.79. The number of carboxylic acids is 1. The summed E-state index contributed by atoms with van der Waals surface area (Å²) >= 11 is 1.58. The number of fused-ring (bicyclic) bond motifs is 1. The molecule has 1 fully saturated rings.